The molecule has 5 N–H and O–H groups in total. The predicted molar refractivity (Wildman–Crippen MR) is 37.1 cm³/mol. The Morgan fingerprint density at radius 3 is 2.20 bits per heavy atom. The zero-order valence-electron chi connectivity index (χ0n) is 5.58. The number of rotatable bonds is 3. The number of aliphatic hydroxyl groups is 1. The van der Waals surface area contributed by atoms with E-state index in [0.717, 1.165) is 6.08 Å². The van der Waals surface area contributed by atoms with Gasteiger partial charge in [0.25, 0.3) is 0 Å². The molecule has 0 aliphatic rings. The largest absolute Gasteiger partial charge is 0.478 e. The average molecular weight is 148 g/mol. The molecule has 0 heterocycles. The minimum Gasteiger partial charge on any atom is -0.478 e. The fourth-order valence-electron chi connectivity index (χ4n) is 0.0645. The topological polar surface area (TPSA) is 95.6 Å². The number of carboxylic acids is 1. The Balaban J connectivity index is 0. The van der Waals surface area contributed by atoms with Crippen molar-refractivity contribution in [3.05, 3.63) is 12.7 Å². The van der Waals surface area contributed by atoms with E-state index in [0.29, 0.717) is 6.54 Å². The number of carboxylic acid groups (broad SMARTS) is 1. The lowest BCUT2D eigenvalue weighted by atomic mass is 10.7. The maximum absolute atomic E-state index is 9.25. The highest BCUT2D eigenvalue weighted by molar-refractivity contribution is 5.78. The molecule has 0 aromatic carbocycles. The van der Waals surface area contributed by atoms with Crippen molar-refractivity contribution in [3.8, 4) is 0 Å². The Morgan fingerprint density at radius 1 is 1.80 bits per heavy atom. The van der Waals surface area contributed by atoms with E-state index in [-0.39, 0.29) is 6.61 Å². The maximum Gasteiger partial charge on any atom is 0.327 e. The summed E-state index contributed by atoms with van der Waals surface area (Å²) in [5, 5.41) is 15.5. The van der Waals surface area contributed by atoms with Crippen LogP contribution < -0.4 is 11.3 Å². The number of nitrogens with two attached hydrogens (primary N) is 1. The van der Waals surface area contributed by atoms with Crippen LogP contribution in [0.25, 0.3) is 0 Å². The highest BCUT2D eigenvalue weighted by Gasteiger charge is 1.73. The number of hydrogen-bond acceptors (Lipinski definition) is 4. The summed E-state index contributed by atoms with van der Waals surface area (Å²) in [4.78, 5) is 9.25. The summed E-state index contributed by atoms with van der Waals surface area (Å²) in [6.45, 7) is 3.54. The second-order valence-electron chi connectivity index (χ2n) is 1.22. The van der Waals surface area contributed by atoms with Crippen molar-refractivity contribution in [1.29, 1.82) is 0 Å². The summed E-state index contributed by atoms with van der Waals surface area (Å²) >= 11 is 0. The van der Waals surface area contributed by atoms with Crippen molar-refractivity contribution >= 4 is 5.97 Å². The normalized spacial score (nSPS) is 7.40. The number of carbonyl (C=O) groups is 1. The van der Waals surface area contributed by atoms with Crippen LogP contribution in [-0.2, 0) is 4.79 Å². The van der Waals surface area contributed by atoms with Gasteiger partial charge in [-0.25, -0.2) is 4.79 Å². The minimum absolute atomic E-state index is 0.108. The van der Waals surface area contributed by atoms with Gasteiger partial charge >= 0.3 is 5.97 Å². The standard InChI is InChI=1S/C3H4O2.C2H8N2O/c1-2-3(4)5;3-4-1-2-5/h2H,1H2,(H,4,5);4-5H,1-3H2. The molecule has 0 unspecified atom stereocenters. The number of nitrogens with one attached hydrogen (secondary N) is 1. The molecule has 0 saturated carbocycles. The average Bonchev–Trinajstić information content (AvgIpc) is 1.91. The molecule has 60 valence electrons. The fourth-order valence-corrected chi connectivity index (χ4v) is 0.0645. The van der Waals surface area contributed by atoms with Gasteiger partial charge in [0.15, 0.2) is 0 Å². The number of aliphatic hydroxyl groups excluding tert-OH is 1. The predicted octanol–water partition coefficient (Wildman–Crippen LogP) is -1.30. The molecule has 0 rings (SSSR count). The van der Waals surface area contributed by atoms with Crippen molar-refractivity contribution in [2.24, 2.45) is 5.84 Å². The first kappa shape index (κ1) is 11.8. The molecule has 0 bridgehead atoms. The lowest BCUT2D eigenvalue weighted by molar-refractivity contribution is -0.131. The van der Waals surface area contributed by atoms with Gasteiger partial charge in [-0.2, -0.15) is 0 Å². The van der Waals surface area contributed by atoms with E-state index in [2.05, 4.69) is 12.0 Å². The van der Waals surface area contributed by atoms with E-state index in [1.54, 1.807) is 0 Å². The van der Waals surface area contributed by atoms with Crippen LogP contribution in [0.15, 0.2) is 12.7 Å². The molecule has 0 spiro atoms. The molecule has 0 amide bonds. The Morgan fingerprint density at radius 2 is 2.20 bits per heavy atom. The second-order valence-corrected chi connectivity index (χ2v) is 1.22. The molecular weight excluding hydrogens is 136 g/mol. The van der Waals surface area contributed by atoms with Crippen molar-refractivity contribution in [2.45, 2.75) is 0 Å². The second kappa shape index (κ2) is 11.0. The van der Waals surface area contributed by atoms with Crippen LogP contribution in [-0.4, -0.2) is 29.3 Å². The first-order chi connectivity index (χ1) is 4.68. The monoisotopic (exact) mass is 148 g/mol. The first-order valence-corrected chi connectivity index (χ1v) is 2.58. The van der Waals surface area contributed by atoms with Crippen LogP contribution in [0.4, 0.5) is 0 Å². The maximum atomic E-state index is 9.25. The van der Waals surface area contributed by atoms with Gasteiger partial charge in [-0.05, 0) is 0 Å². The van der Waals surface area contributed by atoms with Crippen LogP contribution in [0.1, 0.15) is 0 Å². The van der Waals surface area contributed by atoms with Gasteiger partial charge in [-0.1, -0.05) is 6.58 Å². The lowest BCUT2D eigenvalue weighted by Crippen LogP contribution is -2.24. The summed E-state index contributed by atoms with van der Waals surface area (Å²) < 4.78 is 0. The Bertz CT molecular complexity index is 92.9. The number of aliphatic carboxylic acids is 1. The van der Waals surface area contributed by atoms with E-state index in [9.17, 15) is 4.79 Å². The van der Waals surface area contributed by atoms with Gasteiger partial charge in [0.1, 0.15) is 0 Å². The van der Waals surface area contributed by atoms with E-state index < -0.39 is 5.97 Å². The van der Waals surface area contributed by atoms with Gasteiger partial charge in [0.05, 0.1) is 6.61 Å². The molecule has 0 atom stereocenters. The van der Waals surface area contributed by atoms with E-state index >= 15 is 0 Å². The van der Waals surface area contributed by atoms with Crippen LogP contribution in [0.5, 0.6) is 0 Å². The molecule has 0 saturated heterocycles. The quantitative estimate of drug-likeness (QED) is 0.226. The Labute approximate surface area is 59.1 Å². The number of hydrazine groups is 1. The molecule has 10 heavy (non-hydrogen) atoms. The van der Waals surface area contributed by atoms with Gasteiger partial charge < -0.3 is 10.2 Å². The fraction of sp³-hybridized carbons (Fsp3) is 0.400. The molecular formula is C5H12N2O3. The van der Waals surface area contributed by atoms with Crippen LogP contribution in [0, 0.1) is 0 Å². The zero-order chi connectivity index (χ0) is 8.41. The first-order valence-electron chi connectivity index (χ1n) is 2.58. The Hall–Kier alpha value is -0.910. The van der Waals surface area contributed by atoms with Crippen molar-refractivity contribution in [2.75, 3.05) is 13.2 Å². The zero-order valence-corrected chi connectivity index (χ0v) is 5.58. The van der Waals surface area contributed by atoms with Gasteiger partial charge in [0.2, 0.25) is 0 Å². The smallest absolute Gasteiger partial charge is 0.327 e. The van der Waals surface area contributed by atoms with Crippen molar-refractivity contribution in [1.82, 2.24) is 5.43 Å². The van der Waals surface area contributed by atoms with Crippen LogP contribution in [0.2, 0.25) is 0 Å². The molecule has 0 aliphatic heterocycles. The summed E-state index contributed by atoms with van der Waals surface area (Å²) in [6.07, 6.45) is 0.833. The summed E-state index contributed by atoms with van der Waals surface area (Å²) in [7, 11) is 0. The number of hydrogen-bond donors (Lipinski definition) is 4. The molecule has 0 aromatic heterocycles. The Kier molecular flexibility index (Phi) is 13.0. The summed E-state index contributed by atoms with van der Waals surface area (Å²) in [5.74, 6) is 3.75. The lowest BCUT2D eigenvalue weighted by Gasteiger charge is -1.84. The third-order valence-electron chi connectivity index (χ3n) is 0.431. The van der Waals surface area contributed by atoms with Gasteiger partial charge in [-0.15, -0.1) is 0 Å². The summed E-state index contributed by atoms with van der Waals surface area (Å²) in [6, 6.07) is 0. The molecule has 0 fully saturated rings. The van der Waals surface area contributed by atoms with E-state index in [1.165, 1.54) is 0 Å². The third kappa shape index (κ3) is 27.5. The highest BCUT2D eigenvalue weighted by Crippen LogP contribution is 1.54. The van der Waals surface area contributed by atoms with E-state index in [4.69, 9.17) is 16.1 Å². The van der Waals surface area contributed by atoms with Crippen LogP contribution in [0.3, 0.4) is 0 Å². The highest BCUT2D eigenvalue weighted by atomic mass is 16.4. The summed E-state index contributed by atoms with van der Waals surface area (Å²) in [5.41, 5.74) is 2.27. The third-order valence-corrected chi connectivity index (χ3v) is 0.431. The molecule has 0 aliphatic carbocycles. The molecule has 0 radical (unpaired) electrons. The van der Waals surface area contributed by atoms with E-state index in [1.807, 2.05) is 0 Å². The van der Waals surface area contributed by atoms with Crippen LogP contribution >= 0.6 is 0 Å². The molecule has 5 nitrogen and oxygen atoms in total. The molecule has 0 aromatic rings. The SMILES string of the molecule is C=CC(=O)O.NNCCO. The molecule has 5 heteroatoms. The van der Waals surface area contributed by atoms with Gasteiger partial charge in [0, 0.05) is 12.6 Å². The minimum atomic E-state index is -0.981. The van der Waals surface area contributed by atoms with Crippen molar-refractivity contribution < 1.29 is 15.0 Å². The van der Waals surface area contributed by atoms with Gasteiger partial charge in [-0.3, -0.25) is 11.3 Å². The van der Waals surface area contributed by atoms with Crippen molar-refractivity contribution in [3.63, 3.8) is 0 Å².